The minimum absolute atomic E-state index is 0.00722. The number of amides is 1. The molecule has 3 rings (SSSR count). The molecule has 1 aromatic carbocycles. The molecule has 1 aliphatic carbocycles. The molecule has 0 aromatic heterocycles. The van der Waals surface area contributed by atoms with Gasteiger partial charge in [0.15, 0.2) is 0 Å². The van der Waals surface area contributed by atoms with E-state index in [9.17, 15) is 18.3 Å². The highest BCUT2D eigenvalue weighted by Gasteiger charge is 2.42. The molecule has 0 bridgehead atoms. The Morgan fingerprint density at radius 2 is 2.13 bits per heavy atom. The van der Waals surface area contributed by atoms with Crippen LogP contribution in [-0.4, -0.2) is 39.1 Å². The number of nitrogens with zero attached hydrogens (tertiary/aromatic N) is 1. The molecular weight excluding hydrogens is 316 g/mol. The second kappa shape index (κ2) is 5.89. The standard InChI is InChI=1S/C16H22N2O4S/c1-12(20)18-8-2-3-13-9-14(4-5-15(13)18)23(21,22)17-10-16(11-19)6-7-16/h4-5,9,17,19H,2-3,6-8,10-11H2,1H3. The highest BCUT2D eigenvalue weighted by molar-refractivity contribution is 7.89. The molecule has 0 spiro atoms. The number of fused-ring (bicyclic) bond motifs is 1. The Morgan fingerprint density at radius 1 is 1.39 bits per heavy atom. The molecule has 126 valence electrons. The van der Waals surface area contributed by atoms with Crippen molar-refractivity contribution in [2.45, 2.75) is 37.5 Å². The van der Waals surface area contributed by atoms with Gasteiger partial charge in [0.2, 0.25) is 15.9 Å². The summed E-state index contributed by atoms with van der Waals surface area (Å²) in [5, 5.41) is 9.29. The number of benzene rings is 1. The molecule has 0 atom stereocenters. The first kappa shape index (κ1) is 16.4. The number of carbonyl (C=O) groups is 1. The van der Waals surface area contributed by atoms with Crippen molar-refractivity contribution in [2.75, 3.05) is 24.6 Å². The zero-order chi connectivity index (χ0) is 16.7. The number of hydrogen-bond acceptors (Lipinski definition) is 4. The minimum atomic E-state index is -3.60. The molecule has 0 unspecified atom stereocenters. The molecule has 6 nitrogen and oxygen atoms in total. The molecule has 1 amide bonds. The summed E-state index contributed by atoms with van der Waals surface area (Å²) >= 11 is 0. The van der Waals surface area contributed by atoms with Crippen molar-refractivity contribution in [3.05, 3.63) is 23.8 Å². The van der Waals surface area contributed by atoms with Crippen LogP contribution in [0.4, 0.5) is 5.69 Å². The predicted octanol–water partition coefficient (Wildman–Crippen LogP) is 1.04. The van der Waals surface area contributed by atoms with Gasteiger partial charge in [0.05, 0.1) is 4.90 Å². The van der Waals surface area contributed by atoms with E-state index in [-0.39, 0.29) is 29.4 Å². The summed E-state index contributed by atoms with van der Waals surface area (Å²) in [5.41, 5.74) is 1.42. The van der Waals surface area contributed by atoms with Crippen LogP contribution in [0.1, 0.15) is 31.7 Å². The van der Waals surface area contributed by atoms with Gasteiger partial charge in [-0.2, -0.15) is 0 Å². The number of anilines is 1. The van der Waals surface area contributed by atoms with Crippen LogP contribution < -0.4 is 9.62 Å². The Hall–Kier alpha value is -1.44. The maximum absolute atomic E-state index is 12.5. The number of carbonyl (C=O) groups excluding carboxylic acids is 1. The number of sulfonamides is 1. The van der Waals surface area contributed by atoms with E-state index >= 15 is 0 Å². The Kier molecular flexibility index (Phi) is 4.20. The summed E-state index contributed by atoms with van der Waals surface area (Å²) in [6.07, 6.45) is 3.30. The van der Waals surface area contributed by atoms with Gasteiger partial charge < -0.3 is 10.0 Å². The maximum atomic E-state index is 12.5. The van der Waals surface area contributed by atoms with Gasteiger partial charge in [0.25, 0.3) is 0 Å². The summed E-state index contributed by atoms with van der Waals surface area (Å²) in [7, 11) is -3.60. The topological polar surface area (TPSA) is 86.7 Å². The molecular formula is C16H22N2O4S. The fourth-order valence-electron chi connectivity index (χ4n) is 2.97. The maximum Gasteiger partial charge on any atom is 0.240 e. The van der Waals surface area contributed by atoms with Gasteiger partial charge in [0, 0.05) is 37.7 Å². The summed E-state index contributed by atoms with van der Waals surface area (Å²) in [6, 6.07) is 4.91. The van der Waals surface area contributed by atoms with Gasteiger partial charge in [-0.05, 0) is 49.4 Å². The second-order valence-electron chi connectivity index (χ2n) is 6.55. The third-order valence-electron chi connectivity index (χ3n) is 4.79. The first-order chi connectivity index (χ1) is 10.9. The van der Waals surface area contributed by atoms with Gasteiger partial charge in [-0.3, -0.25) is 4.79 Å². The van der Waals surface area contributed by atoms with Crippen LogP contribution in [0.15, 0.2) is 23.1 Å². The van der Waals surface area contributed by atoms with Crippen LogP contribution in [0.5, 0.6) is 0 Å². The van der Waals surface area contributed by atoms with Crippen molar-refractivity contribution in [1.82, 2.24) is 4.72 Å². The third kappa shape index (κ3) is 3.27. The van der Waals surface area contributed by atoms with E-state index < -0.39 is 10.0 Å². The third-order valence-corrected chi connectivity index (χ3v) is 6.19. The van der Waals surface area contributed by atoms with Gasteiger partial charge in [-0.1, -0.05) is 0 Å². The minimum Gasteiger partial charge on any atom is -0.396 e. The van der Waals surface area contributed by atoms with Crippen molar-refractivity contribution < 1.29 is 18.3 Å². The predicted molar refractivity (Wildman–Crippen MR) is 86.7 cm³/mol. The SMILES string of the molecule is CC(=O)N1CCCc2cc(S(=O)(=O)NCC3(CO)CC3)ccc21. The zero-order valence-corrected chi connectivity index (χ0v) is 14.0. The molecule has 2 aliphatic rings. The number of nitrogens with one attached hydrogen (secondary N) is 1. The number of aliphatic hydroxyl groups excluding tert-OH is 1. The van der Waals surface area contributed by atoms with Crippen LogP contribution >= 0.6 is 0 Å². The number of rotatable bonds is 5. The van der Waals surface area contributed by atoms with E-state index in [0.29, 0.717) is 6.54 Å². The van der Waals surface area contributed by atoms with E-state index in [1.165, 1.54) is 6.92 Å². The van der Waals surface area contributed by atoms with Crippen LogP contribution in [0.3, 0.4) is 0 Å². The Balaban J connectivity index is 1.82. The summed E-state index contributed by atoms with van der Waals surface area (Å²) in [4.78, 5) is 13.6. The lowest BCUT2D eigenvalue weighted by Gasteiger charge is -2.29. The van der Waals surface area contributed by atoms with Gasteiger partial charge in [0.1, 0.15) is 0 Å². The summed E-state index contributed by atoms with van der Waals surface area (Å²) in [5.74, 6) is -0.0293. The van der Waals surface area contributed by atoms with Crippen LogP contribution in [0.25, 0.3) is 0 Å². The Morgan fingerprint density at radius 3 is 2.74 bits per heavy atom. The Bertz CT molecular complexity index is 726. The molecule has 23 heavy (non-hydrogen) atoms. The lowest BCUT2D eigenvalue weighted by Crippen LogP contribution is -2.34. The van der Waals surface area contributed by atoms with Crippen molar-refractivity contribution >= 4 is 21.6 Å². The number of aliphatic hydroxyl groups is 1. The van der Waals surface area contributed by atoms with E-state index in [4.69, 9.17) is 0 Å². The first-order valence-electron chi connectivity index (χ1n) is 7.88. The molecule has 1 fully saturated rings. The van der Waals surface area contributed by atoms with E-state index in [2.05, 4.69) is 4.72 Å². The molecule has 1 aliphatic heterocycles. The van der Waals surface area contributed by atoms with Gasteiger partial charge >= 0.3 is 0 Å². The molecule has 2 N–H and O–H groups in total. The van der Waals surface area contributed by atoms with Crippen molar-refractivity contribution in [3.63, 3.8) is 0 Å². The fourth-order valence-corrected chi connectivity index (χ4v) is 4.17. The van der Waals surface area contributed by atoms with E-state index in [1.807, 2.05) is 0 Å². The molecule has 0 radical (unpaired) electrons. The molecule has 1 saturated carbocycles. The highest BCUT2D eigenvalue weighted by atomic mass is 32.2. The molecule has 0 saturated heterocycles. The number of aryl methyl sites for hydroxylation is 1. The summed E-state index contributed by atoms with van der Waals surface area (Å²) < 4.78 is 27.5. The van der Waals surface area contributed by atoms with Crippen LogP contribution in [0, 0.1) is 5.41 Å². The normalized spacial score (nSPS) is 19.3. The smallest absolute Gasteiger partial charge is 0.240 e. The Labute approximate surface area is 136 Å². The van der Waals surface area contributed by atoms with Crippen LogP contribution in [-0.2, 0) is 21.2 Å². The lowest BCUT2D eigenvalue weighted by atomic mass is 10.0. The van der Waals surface area contributed by atoms with E-state index in [0.717, 1.165) is 36.9 Å². The second-order valence-corrected chi connectivity index (χ2v) is 8.31. The van der Waals surface area contributed by atoms with Crippen molar-refractivity contribution in [2.24, 2.45) is 5.41 Å². The monoisotopic (exact) mass is 338 g/mol. The molecule has 1 heterocycles. The zero-order valence-electron chi connectivity index (χ0n) is 13.2. The average molecular weight is 338 g/mol. The van der Waals surface area contributed by atoms with Gasteiger partial charge in [-0.25, -0.2) is 13.1 Å². The quantitative estimate of drug-likeness (QED) is 0.840. The number of hydrogen-bond donors (Lipinski definition) is 2. The molecule has 7 heteroatoms. The largest absolute Gasteiger partial charge is 0.396 e. The lowest BCUT2D eigenvalue weighted by molar-refractivity contribution is -0.116. The average Bonchev–Trinajstić information content (AvgIpc) is 3.32. The van der Waals surface area contributed by atoms with E-state index in [1.54, 1.807) is 23.1 Å². The van der Waals surface area contributed by atoms with Crippen LogP contribution in [0.2, 0.25) is 0 Å². The molecule has 1 aromatic rings. The first-order valence-corrected chi connectivity index (χ1v) is 9.37. The van der Waals surface area contributed by atoms with Crippen molar-refractivity contribution in [1.29, 1.82) is 0 Å². The van der Waals surface area contributed by atoms with Crippen molar-refractivity contribution in [3.8, 4) is 0 Å². The highest BCUT2D eigenvalue weighted by Crippen LogP contribution is 2.44. The fraction of sp³-hybridized carbons (Fsp3) is 0.562. The van der Waals surface area contributed by atoms with Gasteiger partial charge in [-0.15, -0.1) is 0 Å². The summed E-state index contributed by atoms with van der Waals surface area (Å²) in [6.45, 7) is 2.47.